The molecule has 5 heteroatoms. The summed E-state index contributed by atoms with van der Waals surface area (Å²) in [5.74, 6) is 0.0993. The van der Waals surface area contributed by atoms with Crippen molar-refractivity contribution in [2.75, 3.05) is 13.2 Å². The van der Waals surface area contributed by atoms with Crippen molar-refractivity contribution in [2.45, 2.75) is 25.1 Å². The summed E-state index contributed by atoms with van der Waals surface area (Å²) in [5, 5.41) is 0. The molecule has 1 aromatic rings. The lowest BCUT2D eigenvalue weighted by molar-refractivity contribution is -0.137. The van der Waals surface area contributed by atoms with Crippen LogP contribution in [-0.4, -0.2) is 19.3 Å². The van der Waals surface area contributed by atoms with Gasteiger partial charge in [-0.25, -0.2) is 0 Å². The molecule has 18 heavy (non-hydrogen) atoms. The number of hydrogen-bond donors (Lipinski definition) is 1. The normalized spacial score (nSPS) is 25.1. The van der Waals surface area contributed by atoms with Crippen LogP contribution in [0.2, 0.25) is 0 Å². The number of hydrogen-bond acceptors (Lipinski definition) is 2. The van der Waals surface area contributed by atoms with Gasteiger partial charge in [0, 0.05) is 18.6 Å². The maximum atomic E-state index is 12.6. The van der Waals surface area contributed by atoms with Gasteiger partial charge < -0.3 is 10.5 Å². The van der Waals surface area contributed by atoms with Crippen LogP contribution in [0.5, 0.6) is 0 Å². The van der Waals surface area contributed by atoms with Crippen molar-refractivity contribution >= 4 is 0 Å². The predicted molar refractivity (Wildman–Crippen MR) is 62.0 cm³/mol. The molecular formula is C13H16F3NO. The van der Waals surface area contributed by atoms with E-state index in [-0.39, 0.29) is 12.0 Å². The number of halogens is 3. The van der Waals surface area contributed by atoms with Crippen molar-refractivity contribution in [1.29, 1.82) is 0 Å². The maximum Gasteiger partial charge on any atom is 0.416 e. The highest BCUT2D eigenvalue weighted by molar-refractivity contribution is 5.26. The second-order valence-electron chi connectivity index (χ2n) is 4.69. The highest BCUT2D eigenvalue weighted by Gasteiger charge is 2.31. The van der Waals surface area contributed by atoms with Crippen LogP contribution >= 0.6 is 0 Å². The maximum absolute atomic E-state index is 12.6. The Balaban J connectivity index is 2.09. The monoisotopic (exact) mass is 259 g/mol. The average Bonchev–Trinajstić information content (AvgIpc) is 2.31. The Bertz CT molecular complexity index is 405. The molecule has 0 spiro atoms. The molecule has 1 saturated heterocycles. The Morgan fingerprint density at radius 2 is 2.11 bits per heavy atom. The van der Waals surface area contributed by atoms with E-state index in [1.165, 1.54) is 12.1 Å². The van der Waals surface area contributed by atoms with E-state index in [1.807, 2.05) is 0 Å². The van der Waals surface area contributed by atoms with E-state index in [9.17, 15) is 13.2 Å². The molecule has 0 aliphatic carbocycles. The highest BCUT2D eigenvalue weighted by Crippen LogP contribution is 2.30. The zero-order chi connectivity index (χ0) is 13.2. The van der Waals surface area contributed by atoms with E-state index < -0.39 is 11.7 Å². The summed E-state index contributed by atoms with van der Waals surface area (Å²) in [7, 11) is 0. The lowest BCUT2D eigenvalue weighted by atomic mass is 9.89. The highest BCUT2D eigenvalue weighted by atomic mass is 19.4. The largest absolute Gasteiger partial charge is 0.416 e. The summed E-state index contributed by atoms with van der Waals surface area (Å²) in [6.07, 6.45) is -2.99. The fourth-order valence-corrected chi connectivity index (χ4v) is 2.20. The third-order valence-electron chi connectivity index (χ3n) is 3.29. The molecule has 0 saturated carbocycles. The topological polar surface area (TPSA) is 35.2 Å². The third kappa shape index (κ3) is 3.23. The minimum atomic E-state index is -4.29. The molecule has 2 atom stereocenters. The van der Waals surface area contributed by atoms with Gasteiger partial charge in [-0.2, -0.15) is 13.2 Å². The minimum absolute atomic E-state index is 0.00768. The van der Waals surface area contributed by atoms with Gasteiger partial charge in [0.15, 0.2) is 0 Å². The van der Waals surface area contributed by atoms with Gasteiger partial charge in [-0.1, -0.05) is 18.2 Å². The molecule has 0 bridgehead atoms. The first kappa shape index (κ1) is 13.4. The number of benzene rings is 1. The molecule has 0 aromatic heterocycles. The molecule has 2 rings (SSSR count). The number of ether oxygens (including phenoxy) is 1. The Morgan fingerprint density at radius 3 is 2.78 bits per heavy atom. The smallest absolute Gasteiger partial charge is 0.381 e. The Morgan fingerprint density at radius 1 is 1.33 bits per heavy atom. The first-order valence-corrected chi connectivity index (χ1v) is 5.96. The molecule has 0 amide bonds. The molecule has 2 unspecified atom stereocenters. The van der Waals surface area contributed by atoms with Crippen molar-refractivity contribution in [2.24, 2.45) is 11.7 Å². The van der Waals surface area contributed by atoms with Gasteiger partial charge >= 0.3 is 6.18 Å². The zero-order valence-corrected chi connectivity index (χ0v) is 9.91. The van der Waals surface area contributed by atoms with Gasteiger partial charge in [-0.05, 0) is 24.5 Å². The summed E-state index contributed by atoms with van der Waals surface area (Å²) in [5.41, 5.74) is 6.00. The van der Waals surface area contributed by atoms with E-state index in [1.54, 1.807) is 6.07 Å². The number of alkyl halides is 3. The van der Waals surface area contributed by atoms with Gasteiger partial charge in [0.05, 0.1) is 12.2 Å². The third-order valence-corrected chi connectivity index (χ3v) is 3.29. The van der Waals surface area contributed by atoms with Crippen LogP contribution in [0.4, 0.5) is 13.2 Å². The second-order valence-corrected chi connectivity index (χ2v) is 4.69. The van der Waals surface area contributed by atoms with E-state index in [4.69, 9.17) is 10.5 Å². The predicted octanol–water partition coefficient (Wildman–Crippen LogP) is 2.61. The van der Waals surface area contributed by atoms with Crippen molar-refractivity contribution in [3.05, 3.63) is 35.4 Å². The summed E-state index contributed by atoms with van der Waals surface area (Å²) in [6.45, 7) is 1.16. The fraction of sp³-hybridized carbons (Fsp3) is 0.538. The van der Waals surface area contributed by atoms with Crippen LogP contribution in [-0.2, 0) is 17.3 Å². The van der Waals surface area contributed by atoms with Crippen molar-refractivity contribution in [3.63, 3.8) is 0 Å². The van der Waals surface area contributed by atoms with Gasteiger partial charge in [-0.3, -0.25) is 0 Å². The molecule has 1 fully saturated rings. The SMILES string of the molecule is NC1CCOCC1Cc1cccc(C(F)(F)F)c1. The van der Waals surface area contributed by atoms with Crippen LogP contribution in [0.1, 0.15) is 17.5 Å². The first-order valence-electron chi connectivity index (χ1n) is 5.96. The van der Waals surface area contributed by atoms with Gasteiger partial charge in [0.1, 0.15) is 0 Å². The van der Waals surface area contributed by atoms with Gasteiger partial charge in [-0.15, -0.1) is 0 Å². The zero-order valence-electron chi connectivity index (χ0n) is 9.91. The van der Waals surface area contributed by atoms with Crippen LogP contribution in [0.3, 0.4) is 0 Å². The summed E-state index contributed by atoms with van der Waals surface area (Å²) in [6, 6.07) is 5.43. The molecular weight excluding hydrogens is 243 g/mol. The molecule has 2 N–H and O–H groups in total. The Labute approximate surface area is 104 Å². The van der Waals surface area contributed by atoms with Crippen LogP contribution in [0, 0.1) is 5.92 Å². The Kier molecular flexibility index (Phi) is 3.92. The fourth-order valence-electron chi connectivity index (χ4n) is 2.20. The average molecular weight is 259 g/mol. The summed E-state index contributed by atoms with van der Waals surface area (Å²) >= 11 is 0. The standard InChI is InChI=1S/C13H16F3NO/c14-13(15,16)11-3-1-2-9(7-11)6-10-8-18-5-4-12(10)17/h1-3,7,10,12H,4-6,8,17H2. The van der Waals surface area contributed by atoms with Crippen LogP contribution < -0.4 is 5.73 Å². The Hall–Kier alpha value is -1.07. The first-order chi connectivity index (χ1) is 8.47. The number of nitrogens with two attached hydrogens (primary N) is 1. The lowest BCUT2D eigenvalue weighted by Gasteiger charge is -2.28. The minimum Gasteiger partial charge on any atom is -0.381 e. The molecule has 2 nitrogen and oxygen atoms in total. The van der Waals surface area contributed by atoms with Crippen molar-refractivity contribution < 1.29 is 17.9 Å². The molecule has 100 valence electrons. The lowest BCUT2D eigenvalue weighted by Crippen LogP contribution is -2.39. The van der Waals surface area contributed by atoms with Gasteiger partial charge in [0.25, 0.3) is 0 Å². The molecule has 1 aromatic carbocycles. The van der Waals surface area contributed by atoms with E-state index in [0.717, 1.165) is 12.5 Å². The summed E-state index contributed by atoms with van der Waals surface area (Å²) < 4.78 is 43.0. The molecule has 1 aliphatic heterocycles. The van der Waals surface area contributed by atoms with Gasteiger partial charge in [0.2, 0.25) is 0 Å². The second kappa shape index (κ2) is 5.28. The van der Waals surface area contributed by atoms with Crippen molar-refractivity contribution in [3.8, 4) is 0 Å². The number of rotatable bonds is 2. The molecule has 0 radical (unpaired) electrons. The van der Waals surface area contributed by atoms with E-state index in [0.29, 0.717) is 25.2 Å². The van der Waals surface area contributed by atoms with Crippen molar-refractivity contribution in [1.82, 2.24) is 0 Å². The molecule has 1 aliphatic rings. The van der Waals surface area contributed by atoms with Crippen LogP contribution in [0.25, 0.3) is 0 Å². The molecule has 1 heterocycles. The van der Waals surface area contributed by atoms with E-state index >= 15 is 0 Å². The van der Waals surface area contributed by atoms with Crippen LogP contribution in [0.15, 0.2) is 24.3 Å². The summed E-state index contributed by atoms with van der Waals surface area (Å²) in [4.78, 5) is 0. The quantitative estimate of drug-likeness (QED) is 0.886. The van der Waals surface area contributed by atoms with E-state index in [2.05, 4.69) is 0 Å².